The van der Waals surface area contributed by atoms with Crippen molar-refractivity contribution in [3.05, 3.63) is 59.4 Å². The van der Waals surface area contributed by atoms with Crippen molar-refractivity contribution < 1.29 is 0 Å². The molecule has 0 atom stereocenters. The van der Waals surface area contributed by atoms with Gasteiger partial charge in [0.2, 0.25) is 0 Å². The monoisotopic (exact) mass is 257 g/mol. The van der Waals surface area contributed by atoms with Gasteiger partial charge in [0.15, 0.2) is 0 Å². The number of rotatable bonds is 4. The van der Waals surface area contributed by atoms with Crippen LogP contribution in [0.15, 0.2) is 42.6 Å². The molecule has 0 amide bonds. The summed E-state index contributed by atoms with van der Waals surface area (Å²) in [7, 11) is 0. The number of aryl methyl sites for hydroxylation is 1. The summed E-state index contributed by atoms with van der Waals surface area (Å²) in [5.74, 6) is 0. The van der Waals surface area contributed by atoms with Crippen LogP contribution in [0.1, 0.15) is 16.8 Å². The van der Waals surface area contributed by atoms with Gasteiger partial charge in [-0.2, -0.15) is 0 Å². The molecule has 1 heterocycles. The molecule has 18 heavy (non-hydrogen) atoms. The predicted molar refractivity (Wildman–Crippen MR) is 78.6 cm³/mol. The van der Waals surface area contributed by atoms with Crippen molar-refractivity contribution in [1.29, 1.82) is 0 Å². The molecule has 0 aliphatic carbocycles. The molecule has 4 heteroatoms. The number of nitrogens with one attached hydrogen (secondary N) is 1. The molecular weight excluding hydrogens is 242 g/mol. The number of anilines is 1. The molecule has 2 aromatic rings. The van der Waals surface area contributed by atoms with E-state index in [1.807, 2.05) is 43.3 Å². The van der Waals surface area contributed by atoms with E-state index in [0.29, 0.717) is 11.5 Å². The number of thiocarbonyl (C=S) groups is 1. The van der Waals surface area contributed by atoms with Gasteiger partial charge in [0.05, 0.1) is 12.2 Å². The first kappa shape index (κ1) is 12.5. The van der Waals surface area contributed by atoms with Gasteiger partial charge in [-0.15, -0.1) is 0 Å². The molecule has 92 valence electrons. The van der Waals surface area contributed by atoms with Gasteiger partial charge >= 0.3 is 0 Å². The summed E-state index contributed by atoms with van der Waals surface area (Å²) < 4.78 is 0. The van der Waals surface area contributed by atoms with Gasteiger partial charge in [-0.05, 0) is 42.8 Å². The Labute approximate surface area is 112 Å². The van der Waals surface area contributed by atoms with Crippen LogP contribution in [0.2, 0.25) is 0 Å². The summed E-state index contributed by atoms with van der Waals surface area (Å²) in [5, 5.41) is 3.35. The zero-order chi connectivity index (χ0) is 13.0. The summed E-state index contributed by atoms with van der Waals surface area (Å²) in [6.45, 7) is 2.73. The summed E-state index contributed by atoms with van der Waals surface area (Å²) in [4.78, 5) is 4.69. The van der Waals surface area contributed by atoms with Gasteiger partial charge in [0.25, 0.3) is 0 Å². The summed E-state index contributed by atoms with van der Waals surface area (Å²) in [6.07, 6.45) is 1.79. The van der Waals surface area contributed by atoms with E-state index in [1.165, 1.54) is 0 Å². The number of hydrogen-bond acceptors (Lipinski definition) is 3. The van der Waals surface area contributed by atoms with Crippen LogP contribution in [0.4, 0.5) is 5.69 Å². The predicted octanol–water partition coefficient (Wildman–Crippen LogP) is 2.64. The van der Waals surface area contributed by atoms with Crippen LogP contribution in [0.5, 0.6) is 0 Å². The first-order valence-corrected chi connectivity index (χ1v) is 6.12. The van der Waals surface area contributed by atoms with E-state index in [1.54, 1.807) is 6.20 Å². The van der Waals surface area contributed by atoms with Crippen molar-refractivity contribution in [2.45, 2.75) is 13.5 Å². The first-order valence-electron chi connectivity index (χ1n) is 5.71. The van der Waals surface area contributed by atoms with E-state index in [0.717, 1.165) is 22.5 Å². The average Bonchev–Trinajstić information content (AvgIpc) is 2.38. The molecule has 0 fully saturated rings. The third-order valence-corrected chi connectivity index (χ3v) is 2.93. The molecule has 0 unspecified atom stereocenters. The highest BCUT2D eigenvalue weighted by atomic mass is 32.1. The Balaban J connectivity index is 2.08. The maximum Gasteiger partial charge on any atom is 0.103 e. The molecule has 0 spiro atoms. The number of nitrogens with zero attached hydrogens (tertiary/aromatic N) is 1. The number of benzene rings is 1. The van der Waals surface area contributed by atoms with E-state index in [4.69, 9.17) is 18.0 Å². The van der Waals surface area contributed by atoms with E-state index < -0.39 is 0 Å². The lowest BCUT2D eigenvalue weighted by molar-refractivity contribution is 1.04. The molecule has 3 N–H and O–H groups in total. The Hall–Kier alpha value is -1.94. The quantitative estimate of drug-likeness (QED) is 0.827. The third kappa shape index (κ3) is 3.05. The van der Waals surface area contributed by atoms with Crippen molar-refractivity contribution in [2.24, 2.45) is 5.73 Å². The Morgan fingerprint density at radius 1 is 1.33 bits per heavy atom. The molecule has 0 radical (unpaired) electrons. The highest BCUT2D eigenvalue weighted by molar-refractivity contribution is 7.80. The van der Waals surface area contributed by atoms with Gasteiger partial charge in [0.1, 0.15) is 4.99 Å². The molecule has 0 aliphatic rings. The fourth-order valence-corrected chi connectivity index (χ4v) is 1.83. The lowest BCUT2D eigenvalue weighted by Crippen LogP contribution is -2.10. The highest BCUT2D eigenvalue weighted by Crippen LogP contribution is 2.17. The van der Waals surface area contributed by atoms with Crippen LogP contribution >= 0.6 is 12.2 Å². The Morgan fingerprint density at radius 2 is 2.17 bits per heavy atom. The van der Waals surface area contributed by atoms with Gasteiger partial charge in [-0.25, -0.2) is 0 Å². The summed E-state index contributed by atoms with van der Waals surface area (Å²) >= 11 is 4.95. The molecule has 1 aromatic carbocycles. The fraction of sp³-hybridized carbons (Fsp3) is 0.143. The fourth-order valence-electron chi connectivity index (χ4n) is 1.70. The highest BCUT2D eigenvalue weighted by Gasteiger charge is 2.02. The summed E-state index contributed by atoms with van der Waals surface area (Å²) in [5.41, 5.74) is 9.69. The minimum absolute atomic E-state index is 0.425. The second-order valence-corrected chi connectivity index (χ2v) is 4.51. The number of hydrogen-bond donors (Lipinski definition) is 2. The standard InChI is InChI=1S/C14H15N3S/c1-10-8-11(14(15)18)5-6-13(10)17-9-12-4-2-3-7-16-12/h2-8,17H,9H2,1H3,(H2,15,18). The molecule has 3 nitrogen and oxygen atoms in total. The topological polar surface area (TPSA) is 50.9 Å². The van der Waals surface area contributed by atoms with Crippen LogP contribution in [0.25, 0.3) is 0 Å². The van der Waals surface area contributed by atoms with E-state index in [-0.39, 0.29) is 0 Å². The van der Waals surface area contributed by atoms with Crippen molar-refractivity contribution >= 4 is 22.9 Å². The number of nitrogens with two attached hydrogens (primary N) is 1. The minimum atomic E-state index is 0.425. The van der Waals surface area contributed by atoms with Gasteiger partial charge in [-0.1, -0.05) is 18.3 Å². The molecule has 0 saturated carbocycles. The summed E-state index contributed by atoms with van der Waals surface area (Å²) in [6, 6.07) is 11.8. The largest absolute Gasteiger partial charge is 0.389 e. The van der Waals surface area contributed by atoms with Gasteiger partial charge < -0.3 is 11.1 Å². The first-order chi connectivity index (χ1) is 8.66. The average molecular weight is 257 g/mol. The third-order valence-electron chi connectivity index (χ3n) is 2.70. The van der Waals surface area contributed by atoms with Gasteiger partial charge in [-0.3, -0.25) is 4.98 Å². The minimum Gasteiger partial charge on any atom is -0.389 e. The number of aromatic nitrogens is 1. The van der Waals surface area contributed by atoms with Crippen LogP contribution in [0, 0.1) is 6.92 Å². The van der Waals surface area contributed by atoms with E-state index >= 15 is 0 Å². The lowest BCUT2D eigenvalue weighted by atomic mass is 10.1. The number of pyridine rings is 1. The van der Waals surface area contributed by atoms with E-state index in [2.05, 4.69) is 10.3 Å². The second-order valence-electron chi connectivity index (χ2n) is 4.07. The second kappa shape index (κ2) is 5.60. The van der Waals surface area contributed by atoms with Crippen LogP contribution in [0.3, 0.4) is 0 Å². The molecule has 0 bridgehead atoms. The normalized spacial score (nSPS) is 10.1. The van der Waals surface area contributed by atoms with E-state index in [9.17, 15) is 0 Å². The van der Waals surface area contributed by atoms with Crippen molar-refractivity contribution in [1.82, 2.24) is 4.98 Å². The van der Waals surface area contributed by atoms with Crippen molar-refractivity contribution in [2.75, 3.05) is 5.32 Å². The van der Waals surface area contributed by atoms with Crippen molar-refractivity contribution in [3.63, 3.8) is 0 Å². The molecule has 2 rings (SSSR count). The lowest BCUT2D eigenvalue weighted by Gasteiger charge is -2.10. The maximum absolute atomic E-state index is 5.60. The van der Waals surface area contributed by atoms with Crippen molar-refractivity contribution in [3.8, 4) is 0 Å². The Kier molecular flexibility index (Phi) is 3.89. The van der Waals surface area contributed by atoms with Gasteiger partial charge in [0, 0.05) is 17.4 Å². The zero-order valence-electron chi connectivity index (χ0n) is 10.2. The Bertz CT molecular complexity index is 552. The molecule has 0 saturated heterocycles. The smallest absolute Gasteiger partial charge is 0.103 e. The molecule has 0 aliphatic heterocycles. The maximum atomic E-state index is 5.60. The van der Waals surface area contributed by atoms with Crippen LogP contribution < -0.4 is 11.1 Å². The SMILES string of the molecule is Cc1cc(C(N)=S)ccc1NCc1ccccn1. The molecule has 1 aromatic heterocycles. The van der Waals surface area contributed by atoms with Crippen LogP contribution in [-0.4, -0.2) is 9.97 Å². The molecular formula is C14H15N3S. The van der Waals surface area contributed by atoms with Crippen LogP contribution in [-0.2, 0) is 6.54 Å². The zero-order valence-corrected chi connectivity index (χ0v) is 11.0. The Morgan fingerprint density at radius 3 is 2.78 bits per heavy atom.